The molecule has 0 atom stereocenters. The minimum absolute atomic E-state index is 0.212. The fourth-order valence-corrected chi connectivity index (χ4v) is 3.72. The van der Waals surface area contributed by atoms with Crippen LogP contribution in [0.1, 0.15) is 17.5 Å². The maximum Gasteiger partial charge on any atom is 0.274 e. The zero-order chi connectivity index (χ0) is 21.4. The average molecular weight is 411 g/mol. The van der Waals surface area contributed by atoms with Gasteiger partial charge >= 0.3 is 0 Å². The third kappa shape index (κ3) is 3.42. The smallest absolute Gasteiger partial charge is 0.274 e. The van der Waals surface area contributed by atoms with Gasteiger partial charge in [-0.2, -0.15) is 14.8 Å². The van der Waals surface area contributed by atoms with E-state index in [9.17, 15) is 4.79 Å². The Kier molecular flexibility index (Phi) is 4.68. The van der Waals surface area contributed by atoms with E-state index < -0.39 is 5.95 Å². The van der Waals surface area contributed by atoms with Gasteiger partial charge in [-0.05, 0) is 42.3 Å². The molecule has 0 saturated carbocycles. The van der Waals surface area contributed by atoms with Crippen molar-refractivity contribution in [1.29, 1.82) is 5.26 Å². The number of nitrogens with zero attached hydrogens (tertiary/aromatic N) is 5. The van der Waals surface area contributed by atoms with Crippen molar-refractivity contribution < 1.29 is 4.39 Å². The van der Waals surface area contributed by atoms with Crippen LogP contribution >= 0.6 is 0 Å². The van der Waals surface area contributed by atoms with Gasteiger partial charge in [-0.25, -0.2) is 9.67 Å². The van der Waals surface area contributed by atoms with Crippen LogP contribution in [0.2, 0.25) is 0 Å². The molecule has 2 aromatic carbocycles. The highest BCUT2D eigenvalue weighted by Gasteiger charge is 2.20. The summed E-state index contributed by atoms with van der Waals surface area (Å²) in [5.74, 6) is 0.00772. The summed E-state index contributed by atoms with van der Waals surface area (Å²) in [6, 6.07) is 19.6. The summed E-state index contributed by atoms with van der Waals surface area (Å²) in [5, 5.41) is 14.6. The Morgan fingerprint density at radius 2 is 1.74 bits per heavy atom. The second-order valence-corrected chi connectivity index (χ2v) is 7.51. The molecule has 1 saturated heterocycles. The fourth-order valence-electron chi connectivity index (χ4n) is 3.72. The molecule has 1 aliphatic rings. The Bertz CT molecular complexity index is 1380. The van der Waals surface area contributed by atoms with Gasteiger partial charge < -0.3 is 4.90 Å². The lowest BCUT2D eigenvalue weighted by Crippen LogP contribution is -2.37. The van der Waals surface area contributed by atoms with Crippen molar-refractivity contribution in [2.24, 2.45) is 0 Å². The molecule has 152 valence electrons. The molecule has 0 aliphatic carbocycles. The van der Waals surface area contributed by atoms with Gasteiger partial charge in [0, 0.05) is 18.5 Å². The molecule has 6 nitrogen and oxygen atoms in total. The fraction of sp³-hybridized carbons (Fsp3) is 0.167. The van der Waals surface area contributed by atoms with E-state index in [1.165, 1.54) is 4.68 Å². The monoisotopic (exact) mass is 411 g/mol. The Morgan fingerprint density at radius 1 is 1.00 bits per heavy atom. The van der Waals surface area contributed by atoms with E-state index in [2.05, 4.69) is 16.2 Å². The standard InChI is InChI=1S/C24H18FN5O/c25-23-20(10-11-21(27-23)29-12-3-13-29)22-18-4-1-2-5-19(18)24(31)30(28-22)15-17-8-6-16(14-26)7-9-17/h1-2,4-11H,3,12-13,15H2. The Labute approximate surface area is 177 Å². The Morgan fingerprint density at radius 3 is 2.39 bits per heavy atom. The van der Waals surface area contributed by atoms with Crippen molar-refractivity contribution in [3.8, 4) is 17.3 Å². The number of nitriles is 1. The number of pyridine rings is 1. The molecule has 0 amide bonds. The number of aromatic nitrogens is 3. The van der Waals surface area contributed by atoms with Crippen molar-refractivity contribution >= 4 is 16.6 Å². The van der Waals surface area contributed by atoms with Crippen LogP contribution in [0, 0.1) is 17.3 Å². The van der Waals surface area contributed by atoms with Crippen molar-refractivity contribution in [2.45, 2.75) is 13.0 Å². The van der Waals surface area contributed by atoms with Gasteiger partial charge in [-0.3, -0.25) is 4.79 Å². The maximum absolute atomic E-state index is 15.0. The van der Waals surface area contributed by atoms with Gasteiger partial charge in [-0.1, -0.05) is 30.3 Å². The molecular formula is C24H18FN5O. The maximum atomic E-state index is 15.0. The van der Waals surface area contributed by atoms with Gasteiger partial charge in [0.1, 0.15) is 11.5 Å². The van der Waals surface area contributed by atoms with Gasteiger partial charge in [0.2, 0.25) is 5.95 Å². The second kappa shape index (κ2) is 7.65. The van der Waals surface area contributed by atoms with E-state index in [0.29, 0.717) is 27.8 Å². The molecule has 0 radical (unpaired) electrons. The molecular weight excluding hydrogens is 393 g/mol. The Balaban J connectivity index is 1.63. The van der Waals surface area contributed by atoms with E-state index in [0.717, 1.165) is 25.1 Å². The molecule has 1 fully saturated rings. The first-order chi connectivity index (χ1) is 15.1. The lowest BCUT2D eigenvalue weighted by molar-refractivity contribution is 0.564. The third-order valence-electron chi connectivity index (χ3n) is 5.55. The lowest BCUT2D eigenvalue weighted by atomic mass is 10.1. The highest BCUT2D eigenvalue weighted by Crippen LogP contribution is 2.29. The number of rotatable bonds is 4. The van der Waals surface area contributed by atoms with Crippen LogP contribution in [0.15, 0.2) is 65.5 Å². The third-order valence-corrected chi connectivity index (χ3v) is 5.55. The molecule has 5 rings (SSSR count). The van der Waals surface area contributed by atoms with Crippen molar-refractivity contribution in [1.82, 2.24) is 14.8 Å². The van der Waals surface area contributed by atoms with Crippen molar-refractivity contribution in [2.75, 3.05) is 18.0 Å². The predicted molar refractivity (Wildman–Crippen MR) is 116 cm³/mol. The zero-order valence-electron chi connectivity index (χ0n) is 16.6. The average Bonchev–Trinajstić information content (AvgIpc) is 2.76. The van der Waals surface area contributed by atoms with E-state index in [4.69, 9.17) is 5.26 Å². The van der Waals surface area contributed by atoms with Crippen LogP contribution in [0.4, 0.5) is 10.2 Å². The van der Waals surface area contributed by atoms with Gasteiger partial charge in [0.25, 0.3) is 5.56 Å². The summed E-state index contributed by atoms with van der Waals surface area (Å²) in [6.45, 7) is 1.97. The number of hydrogen-bond donors (Lipinski definition) is 0. The normalized spacial score (nSPS) is 13.1. The molecule has 31 heavy (non-hydrogen) atoms. The van der Waals surface area contributed by atoms with E-state index in [1.807, 2.05) is 4.90 Å². The van der Waals surface area contributed by atoms with E-state index in [1.54, 1.807) is 60.7 Å². The first-order valence-corrected chi connectivity index (χ1v) is 10.0. The van der Waals surface area contributed by atoms with Gasteiger partial charge in [0.15, 0.2) is 0 Å². The van der Waals surface area contributed by atoms with Gasteiger partial charge in [0.05, 0.1) is 29.1 Å². The molecule has 7 heteroatoms. The first kappa shape index (κ1) is 18.9. The van der Waals surface area contributed by atoms with Crippen LogP contribution in [-0.2, 0) is 6.54 Å². The number of halogens is 1. The first-order valence-electron chi connectivity index (χ1n) is 10.0. The number of benzene rings is 2. The molecule has 3 heterocycles. The summed E-state index contributed by atoms with van der Waals surface area (Å²) in [4.78, 5) is 19.2. The second-order valence-electron chi connectivity index (χ2n) is 7.51. The summed E-state index contributed by atoms with van der Waals surface area (Å²) in [7, 11) is 0. The molecule has 0 N–H and O–H groups in total. The van der Waals surface area contributed by atoms with Crippen LogP contribution < -0.4 is 10.5 Å². The van der Waals surface area contributed by atoms with Crippen molar-refractivity contribution in [3.63, 3.8) is 0 Å². The molecule has 1 aliphatic heterocycles. The topological polar surface area (TPSA) is 74.8 Å². The lowest BCUT2D eigenvalue weighted by Gasteiger charge is -2.32. The molecule has 0 spiro atoms. The van der Waals surface area contributed by atoms with Crippen LogP contribution in [0.5, 0.6) is 0 Å². The number of anilines is 1. The Hall–Kier alpha value is -4.05. The quantitative estimate of drug-likeness (QED) is 0.479. The summed E-state index contributed by atoms with van der Waals surface area (Å²) in [5.41, 5.74) is 1.74. The number of hydrogen-bond acceptors (Lipinski definition) is 5. The minimum atomic E-state index is -0.606. The van der Waals surface area contributed by atoms with Crippen molar-refractivity contribution in [3.05, 3.63) is 88.1 Å². The van der Waals surface area contributed by atoms with Crippen LogP contribution in [-0.4, -0.2) is 27.9 Å². The van der Waals surface area contributed by atoms with Gasteiger partial charge in [-0.15, -0.1) is 0 Å². The molecule has 2 aromatic heterocycles. The largest absolute Gasteiger partial charge is 0.356 e. The SMILES string of the molecule is N#Cc1ccc(Cn2nc(-c3ccc(N4CCC4)nc3F)c3ccccc3c2=O)cc1. The molecule has 0 bridgehead atoms. The predicted octanol–water partition coefficient (Wildman–Crippen LogP) is 3.73. The summed E-state index contributed by atoms with van der Waals surface area (Å²) < 4.78 is 16.4. The molecule has 4 aromatic rings. The summed E-state index contributed by atoms with van der Waals surface area (Å²) >= 11 is 0. The van der Waals surface area contributed by atoms with Crippen LogP contribution in [0.3, 0.4) is 0 Å². The minimum Gasteiger partial charge on any atom is -0.356 e. The highest BCUT2D eigenvalue weighted by molar-refractivity contribution is 5.93. The van der Waals surface area contributed by atoms with E-state index in [-0.39, 0.29) is 17.7 Å². The molecule has 0 unspecified atom stereocenters. The number of fused-ring (bicyclic) bond motifs is 1. The van der Waals surface area contributed by atoms with E-state index >= 15 is 4.39 Å². The summed E-state index contributed by atoms with van der Waals surface area (Å²) in [6.07, 6.45) is 1.08. The highest BCUT2D eigenvalue weighted by atomic mass is 19.1. The van der Waals surface area contributed by atoms with Crippen LogP contribution in [0.25, 0.3) is 22.0 Å². The zero-order valence-corrected chi connectivity index (χ0v) is 16.6.